The Labute approximate surface area is 56.0 Å². The van der Waals surface area contributed by atoms with Crippen LogP contribution in [0.3, 0.4) is 0 Å². The van der Waals surface area contributed by atoms with E-state index in [0.717, 1.165) is 11.3 Å². The molecule has 0 saturated carbocycles. The summed E-state index contributed by atoms with van der Waals surface area (Å²) < 4.78 is 5.03. The first-order valence-electron chi connectivity index (χ1n) is 2.79. The molecule has 50 valence electrons. The van der Waals surface area contributed by atoms with Crippen LogP contribution in [-0.2, 0) is 0 Å². The van der Waals surface area contributed by atoms with Crippen LogP contribution in [0.2, 0.25) is 0 Å². The van der Waals surface area contributed by atoms with Crippen molar-refractivity contribution in [2.24, 2.45) is 0 Å². The van der Waals surface area contributed by atoms with Gasteiger partial charge in [-0.2, -0.15) is 0 Å². The average molecular weight is 143 g/mol. The number of aromatic nitrogens is 1. The highest BCUT2D eigenvalue weighted by atomic mass is 31.1. The molecule has 0 atom stereocenters. The van der Waals surface area contributed by atoms with Gasteiger partial charge in [-0.05, 0) is 13.3 Å². The Morgan fingerprint density at radius 1 is 1.56 bits per heavy atom. The zero-order valence-electron chi connectivity index (χ0n) is 5.88. The zero-order chi connectivity index (χ0) is 6.85. The fourth-order valence-corrected chi connectivity index (χ4v) is 1.16. The van der Waals surface area contributed by atoms with Gasteiger partial charge in [0.2, 0.25) is 0 Å². The van der Waals surface area contributed by atoms with Crippen LogP contribution in [0.25, 0.3) is 0 Å². The maximum atomic E-state index is 5.03. The average Bonchev–Trinajstić information content (AvgIpc) is 2.14. The van der Waals surface area contributed by atoms with Crippen LogP contribution in [0.15, 0.2) is 10.7 Å². The van der Waals surface area contributed by atoms with Crippen LogP contribution in [0, 0.1) is 6.92 Å². The largest absolute Gasteiger partial charge is 0.449 e. The molecule has 9 heavy (non-hydrogen) atoms. The van der Waals surface area contributed by atoms with Crippen LogP contribution in [0.5, 0.6) is 0 Å². The summed E-state index contributed by atoms with van der Waals surface area (Å²) in [5, 5.41) is 0. The van der Waals surface area contributed by atoms with Gasteiger partial charge in [-0.15, -0.1) is 0 Å². The highest BCUT2D eigenvalue weighted by Crippen LogP contribution is 2.21. The van der Waals surface area contributed by atoms with E-state index >= 15 is 0 Å². The van der Waals surface area contributed by atoms with Crippen LogP contribution in [0.4, 0.5) is 0 Å². The number of nitrogens with zero attached hydrogens (tertiary/aromatic N) is 1. The molecule has 0 aliphatic rings. The summed E-state index contributed by atoms with van der Waals surface area (Å²) in [4.78, 5) is 4.17. The minimum absolute atomic E-state index is 0.0796. The standard InChI is InChI=1S/C6H10NOP/c1-5-7-6(4-8-5)9(2)3/h4H,1-3H3. The third-order valence-electron chi connectivity index (χ3n) is 1.07. The van der Waals surface area contributed by atoms with Gasteiger partial charge in [0.1, 0.15) is 11.7 Å². The van der Waals surface area contributed by atoms with Gasteiger partial charge in [-0.3, -0.25) is 0 Å². The summed E-state index contributed by atoms with van der Waals surface area (Å²) >= 11 is 0. The predicted octanol–water partition coefficient (Wildman–Crippen LogP) is 1.35. The first-order valence-corrected chi connectivity index (χ1v) is 5.03. The molecule has 1 aromatic heterocycles. The van der Waals surface area contributed by atoms with Gasteiger partial charge in [-0.25, -0.2) is 4.98 Å². The number of aryl methyl sites for hydroxylation is 1. The van der Waals surface area contributed by atoms with Gasteiger partial charge in [0.15, 0.2) is 5.89 Å². The molecule has 0 unspecified atom stereocenters. The molecule has 0 spiro atoms. The van der Waals surface area contributed by atoms with Gasteiger partial charge in [0, 0.05) is 6.92 Å². The number of hydrogen-bond donors (Lipinski definition) is 0. The summed E-state index contributed by atoms with van der Waals surface area (Å²) in [7, 11) is -0.0796. The molecule has 3 heteroatoms. The van der Waals surface area contributed by atoms with Gasteiger partial charge >= 0.3 is 0 Å². The molecule has 0 aliphatic carbocycles. The summed E-state index contributed by atoms with van der Waals surface area (Å²) in [5.41, 5.74) is 1.10. The van der Waals surface area contributed by atoms with Crippen molar-refractivity contribution in [3.63, 3.8) is 0 Å². The first-order chi connectivity index (χ1) is 4.20. The van der Waals surface area contributed by atoms with E-state index in [2.05, 4.69) is 18.3 Å². The molecule has 0 aliphatic heterocycles. The second kappa shape index (κ2) is 2.49. The molecule has 0 amide bonds. The second-order valence-electron chi connectivity index (χ2n) is 2.12. The van der Waals surface area contributed by atoms with Crippen molar-refractivity contribution in [1.82, 2.24) is 4.98 Å². The van der Waals surface area contributed by atoms with E-state index in [1.165, 1.54) is 0 Å². The molecule has 0 aromatic carbocycles. The van der Waals surface area contributed by atoms with Crippen molar-refractivity contribution >= 4 is 13.4 Å². The lowest BCUT2D eigenvalue weighted by Gasteiger charge is -1.94. The summed E-state index contributed by atoms with van der Waals surface area (Å²) in [6.07, 6.45) is 1.74. The summed E-state index contributed by atoms with van der Waals surface area (Å²) in [6.45, 7) is 6.18. The lowest BCUT2D eigenvalue weighted by Crippen LogP contribution is -1.98. The van der Waals surface area contributed by atoms with Crippen molar-refractivity contribution < 1.29 is 4.42 Å². The van der Waals surface area contributed by atoms with E-state index in [-0.39, 0.29) is 7.92 Å². The highest BCUT2D eigenvalue weighted by Gasteiger charge is 2.01. The monoisotopic (exact) mass is 143 g/mol. The topological polar surface area (TPSA) is 26.0 Å². The van der Waals surface area contributed by atoms with E-state index in [1.807, 2.05) is 6.92 Å². The number of oxazole rings is 1. The molecule has 1 rings (SSSR count). The maximum absolute atomic E-state index is 5.03. The van der Waals surface area contributed by atoms with E-state index in [4.69, 9.17) is 4.42 Å². The van der Waals surface area contributed by atoms with E-state index < -0.39 is 0 Å². The van der Waals surface area contributed by atoms with Crippen molar-refractivity contribution in [1.29, 1.82) is 0 Å². The molecule has 1 heterocycles. The Kier molecular flexibility index (Phi) is 1.87. The van der Waals surface area contributed by atoms with Crippen molar-refractivity contribution in [3.05, 3.63) is 12.2 Å². The molecular weight excluding hydrogens is 133 g/mol. The molecule has 1 aromatic rings. The van der Waals surface area contributed by atoms with Gasteiger partial charge in [0.05, 0.1) is 0 Å². The Morgan fingerprint density at radius 2 is 2.22 bits per heavy atom. The Balaban J connectivity index is 2.85. The minimum atomic E-state index is -0.0796. The maximum Gasteiger partial charge on any atom is 0.191 e. The van der Waals surface area contributed by atoms with E-state index in [0.29, 0.717) is 0 Å². The van der Waals surface area contributed by atoms with Gasteiger partial charge in [-0.1, -0.05) is 7.92 Å². The van der Waals surface area contributed by atoms with Gasteiger partial charge in [0.25, 0.3) is 0 Å². The Hall–Kier alpha value is -0.360. The molecular formula is C6H10NOP. The number of rotatable bonds is 1. The van der Waals surface area contributed by atoms with Crippen LogP contribution in [-0.4, -0.2) is 18.3 Å². The predicted molar refractivity (Wildman–Crippen MR) is 39.6 cm³/mol. The van der Waals surface area contributed by atoms with Gasteiger partial charge < -0.3 is 4.42 Å². The lowest BCUT2D eigenvalue weighted by molar-refractivity contribution is 0.522. The van der Waals surface area contributed by atoms with Crippen molar-refractivity contribution in [2.45, 2.75) is 6.92 Å². The molecule has 0 bridgehead atoms. The van der Waals surface area contributed by atoms with Crippen LogP contribution < -0.4 is 5.44 Å². The quantitative estimate of drug-likeness (QED) is 0.554. The summed E-state index contributed by atoms with van der Waals surface area (Å²) in [5.74, 6) is 0.765. The number of hydrogen-bond acceptors (Lipinski definition) is 2. The normalized spacial score (nSPS) is 10.7. The summed E-state index contributed by atoms with van der Waals surface area (Å²) in [6, 6.07) is 0. The lowest BCUT2D eigenvalue weighted by atomic mass is 10.8. The fourth-order valence-electron chi connectivity index (χ4n) is 0.557. The molecule has 0 fully saturated rings. The van der Waals surface area contributed by atoms with Crippen LogP contribution in [0.1, 0.15) is 5.89 Å². The third-order valence-corrected chi connectivity index (χ3v) is 2.19. The third kappa shape index (κ3) is 1.52. The van der Waals surface area contributed by atoms with E-state index in [9.17, 15) is 0 Å². The van der Waals surface area contributed by atoms with E-state index in [1.54, 1.807) is 6.26 Å². The zero-order valence-corrected chi connectivity index (χ0v) is 6.77. The molecule has 0 radical (unpaired) electrons. The molecule has 0 saturated heterocycles. The van der Waals surface area contributed by atoms with Crippen molar-refractivity contribution in [2.75, 3.05) is 13.3 Å². The highest BCUT2D eigenvalue weighted by molar-refractivity contribution is 7.63. The first kappa shape index (κ1) is 6.76. The fraction of sp³-hybridized carbons (Fsp3) is 0.500. The SMILES string of the molecule is Cc1nc(P(C)C)co1. The Morgan fingerprint density at radius 3 is 2.44 bits per heavy atom. The second-order valence-corrected chi connectivity index (χ2v) is 4.37. The Bertz CT molecular complexity index is 195. The van der Waals surface area contributed by atoms with Crippen molar-refractivity contribution in [3.8, 4) is 0 Å². The van der Waals surface area contributed by atoms with Crippen LogP contribution >= 0.6 is 7.92 Å². The smallest absolute Gasteiger partial charge is 0.191 e. The molecule has 2 nitrogen and oxygen atoms in total. The minimum Gasteiger partial charge on any atom is -0.449 e. The molecule has 0 N–H and O–H groups in total.